The van der Waals surface area contributed by atoms with Crippen molar-refractivity contribution in [3.05, 3.63) is 18.1 Å². The topological polar surface area (TPSA) is 81.2 Å². The average molecular weight is 313 g/mol. The minimum absolute atomic E-state index is 0.0563. The van der Waals surface area contributed by atoms with E-state index in [1.165, 1.54) is 0 Å². The fourth-order valence-electron chi connectivity index (χ4n) is 2.33. The van der Waals surface area contributed by atoms with E-state index in [0.717, 1.165) is 5.82 Å². The molecule has 1 saturated heterocycles. The molecule has 0 aromatic carbocycles. The number of anilines is 1. The Hall–Kier alpha value is -1.21. The van der Waals surface area contributed by atoms with Crippen molar-refractivity contribution >= 4 is 15.7 Å². The number of rotatable bonds is 4. The van der Waals surface area contributed by atoms with E-state index in [9.17, 15) is 8.42 Å². The summed E-state index contributed by atoms with van der Waals surface area (Å²) in [6.45, 7) is 6.56. The molecule has 0 spiro atoms. The smallest absolute Gasteiger partial charge is 0.153 e. The second-order valence-corrected chi connectivity index (χ2v) is 8.78. The monoisotopic (exact) mass is 313 g/mol. The number of methoxy groups -OCH3 is 1. The van der Waals surface area contributed by atoms with Crippen LogP contribution in [0.1, 0.15) is 33.0 Å². The van der Waals surface area contributed by atoms with E-state index in [1.807, 2.05) is 20.8 Å². The van der Waals surface area contributed by atoms with Gasteiger partial charge in [0.2, 0.25) is 0 Å². The number of sulfone groups is 1. The first-order chi connectivity index (χ1) is 9.66. The molecule has 1 N–H and O–H groups in total. The van der Waals surface area contributed by atoms with E-state index in [-0.39, 0.29) is 16.9 Å². The number of aromatic nitrogens is 2. The summed E-state index contributed by atoms with van der Waals surface area (Å²) in [5.41, 5.74) is -0.793. The fraction of sp³-hybridized carbons (Fsp3) is 0.714. The molecule has 2 heterocycles. The summed E-state index contributed by atoms with van der Waals surface area (Å²) in [7, 11) is -1.44. The van der Waals surface area contributed by atoms with Gasteiger partial charge >= 0.3 is 0 Å². The normalized spacial score (nSPS) is 25.0. The van der Waals surface area contributed by atoms with Crippen LogP contribution < -0.4 is 5.32 Å². The predicted molar refractivity (Wildman–Crippen MR) is 82.2 cm³/mol. The van der Waals surface area contributed by atoms with Crippen LogP contribution in [0.5, 0.6) is 0 Å². The van der Waals surface area contributed by atoms with Crippen molar-refractivity contribution < 1.29 is 13.2 Å². The average Bonchev–Trinajstić information content (AvgIpc) is 2.72. The van der Waals surface area contributed by atoms with Crippen molar-refractivity contribution in [1.29, 1.82) is 0 Å². The Morgan fingerprint density at radius 3 is 2.67 bits per heavy atom. The Balaban J connectivity index is 2.09. The second-order valence-electron chi connectivity index (χ2n) is 6.60. The lowest BCUT2D eigenvalue weighted by atomic mass is 9.96. The highest BCUT2D eigenvalue weighted by Gasteiger charge is 2.42. The molecule has 118 valence electrons. The van der Waals surface area contributed by atoms with Gasteiger partial charge in [0.15, 0.2) is 9.84 Å². The van der Waals surface area contributed by atoms with Gasteiger partial charge < -0.3 is 10.1 Å². The molecule has 2 rings (SSSR count). The largest absolute Gasteiger partial charge is 0.375 e. The van der Waals surface area contributed by atoms with Crippen molar-refractivity contribution in [3.8, 4) is 0 Å². The molecule has 7 heteroatoms. The van der Waals surface area contributed by atoms with Crippen molar-refractivity contribution in [2.75, 3.05) is 30.5 Å². The van der Waals surface area contributed by atoms with Gasteiger partial charge in [-0.3, -0.25) is 0 Å². The molecule has 0 saturated carbocycles. The molecule has 1 unspecified atom stereocenters. The first-order valence-electron chi connectivity index (χ1n) is 6.99. The SMILES string of the molecule is COC1(CNc2ccnc(C(C)(C)C)n2)CCS(=O)(=O)C1. The molecule has 0 radical (unpaired) electrons. The molecule has 0 bridgehead atoms. The second kappa shape index (κ2) is 5.53. The molecule has 1 aromatic rings. The lowest BCUT2D eigenvalue weighted by Gasteiger charge is -2.26. The number of hydrogen-bond acceptors (Lipinski definition) is 6. The van der Waals surface area contributed by atoms with Crippen molar-refractivity contribution in [2.24, 2.45) is 0 Å². The van der Waals surface area contributed by atoms with Crippen molar-refractivity contribution in [3.63, 3.8) is 0 Å². The van der Waals surface area contributed by atoms with E-state index in [1.54, 1.807) is 19.4 Å². The van der Waals surface area contributed by atoms with Crippen LogP contribution >= 0.6 is 0 Å². The number of hydrogen-bond donors (Lipinski definition) is 1. The Morgan fingerprint density at radius 1 is 1.43 bits per heavy atom. The van der Waals surface area contributed by atoms with Gasteiger partial charge in [-0.2, -0.15) is 0 Å². The first-order valence-corrected chi connectivity index (χ1v) is 8.81. The molecular weight excluding hydrogens is 290 g/mol. The van der Waals surface area contributed by atoms with E-state index in [0.29, 0.717) is 18.8 Å². The third-order valence-corrected chi connectivity index (χ3v) is 5.49. The molecule has 1 fully saturated rings. The minimum Gasteiger partial charge on any atom is -0.375 e. The number of nitrogens with one attached hydrogen (secondary N) is 1. The zero-order valence-electron chi connectivity index (χ0n) is 13.0. The summed E-state index contributed by atoms with van der Waals surface area (Å²) in [5, 5.41) is 3.19. The number of nitrogens with zero attached hydrogens (tertiary/aromatic N) is 2. The summed E-state index contributed by atoms with van der Waals surface area (Å²) in [6, 6.07) is 1.78. The summed E-state index contributed by atoms with van der Waals surface area (Å²) >= 11 is 0. The van der Waals surface area contributed by atoms with Gasteiger partial charge in [0.1, 0.15) is 11.6 Å². The highest BCUT2D eigenvalue weighted by molar-refractivity contribution is 7.91. The highest BCUT2D eigenvalue weighted by Crippen LogP contribution is 2.27. The van der Waals surface area contributed by atoms with Crippen LogP contribution in [-0.4, -0.2) is 49.1 Å². The molecule has 1 atom stereocenters. The summed E-state index contributed by atoms with van der Waals surface area (Å²) in [5.74, 6) is 1.67. The van der Waals surface area contributed by atoms with Crippen LogP contribution in [-0.2, 0) is 20.0 Å². The van der Waals surface area contributed by atoms with E-state index in [2.05, 4.69) is 15.3 Å². The molecular formula is C14H23N3O3S. The molecule has 0 amide bonds. The van der Waals surface area contributed by atoms with Crippen LogP contribution in [0.2, 0.25) is 0 Å². The van der Waals surface area contributed by atoms with Gasteiger partial charge in [-0.25, -0.2) is 18.4 Å². The maximum atomic E-state index is 11.7. The Kier molecular flexibility index (Phi) is 4.26. The van der Waals surface area contributed by atoms with Gasteiger partial charge in [-0.15, -0.1) is 0 Å². The fourth-order valence-corrected chi connectivity index (χ4v) is 4.32. The molecule has 21 heavy (non-hydrogen) atoms. The lowest BCUT2D eigenvalue weighted by Crippen LogP contribution is -2.40. The zero-order chi connectivity index (χ0) is 15.7. The maximum Gasteiger partial charge on any atom is 0.153 e. The molecule has 0 aliphatic carbocycles. The van der Waals surface area contributed by atoms with E-state index >= 15 is 0 Å². The Morgan fingerprint density at radius 2 is 2.14 bits per heavy atom. The van der Waals surface area contributed by atoms with Crippen LogP contribution in [0.3, 0.4) is 0 Å². The van der Waals surface area contributed by atoms with Gasteiger partial charge in [0.05, 0.1) is 17.1 Å². The van der Waals surface area contributed by atoms with Crippen LogP contribution in [0.15, 0.2) is 12.3 Å². The van der Waals surface area contributed by atoms with Crippen molar-refractivity contribution in [2.45, 2.75) is 38.2 Å². The summed E-state index contributed by atoms with van der Waals surface area (Å²) in [4.78, 5) is 8.75. The highest BCUT2D eigenvalue weighted by atomic mass is 32.2. The third kappa shape index (κ3) is 3.91. The standard InChI is InChI=1S/C14H23N3O3S/c1-13(2,3)12-15-7-5-11(17-12)16-9-14(20-4)6-8-21(18,19)10-14/h5,7H,6,8-10H2,1-4H3,(H,15,16,17). The quantitative estimate of drug-likeness (QED) is 0.904. The minimum atomic E-state index is -3.00. The van der Waals surface area contributed by atoms with E-state index in [4.69, 9.17) is 4.74 Å². The first kappa shape index (κ1) is 16.2. The van der Waals surface area contributed by atoms with Crippen molar-refractivity contribution in [1.82, 2.24) is 9.97 Å². The van der Waals surface area contributed by atoms with Crippen LogP contribution in [0.25, 0.3) is 0 Å². The Labute approximate surface area is 126 Å². The lowest BCUT2D eigenvalue weighted by molar-refractivity contribution is 0.0241. The maximum absolute atomic E-state index is 11.7. The zero-order valence-corrected chi connectivity index (χ0v) is 13.8. The van der Waals surface area contributed by atoms with Gasteiger partial charge in [0, 0.05) is 25.3 Å². The summed E-state index contributed by atoms with van der Waals surface area (Å²) in [6.07, 6.45) is 2.22. The van der Waals surface area contributed by atoms with E-state index < -0.39 is 15.4 Å². The Bertz CT molecular complexity index is 610. The van der Waals surface area contributed by atoms with Gasteiger partial charge in [-0.1, -0.05) is 20.8 Å². The van der Waals surface area contributed by atoms with Gasteiger partial charge in [-0.05, 0) is 12.5 Å². The van der Waals surface area contributed by atoms with Gasteiger partial charge in [0.25, 0.3) is 0 Å². The molecule has 6 nitrogen and oxygen atoms in total. The number of ether oxygens (including phenoxy) is 1. The molecule has 1 aromatic heterocycles. The third-order valence-electron chi connectivity index (χ3n) is 3.70. The predicted octanol–water partition coefficient (Wildman–Crippen LogP) is 1.39. The van der Waals surface area contributed by atoms with Crippen LogP contribution in [0, 0.1) is 0 Å². The van der Waals surface area contributed by atoms with Crippen LogP contribution in [0.4, 0.5) is 5.82 Å². The summed E-state index contributed by atoms with van der Waals surface area (Å²) < 4.78 is 28.8. The molecule has 1 aliphatic heterocycles. The molecule has 1 aliphatic rings.